The van der Waals surface area contributed by atoms with E-state index in [-0.39, 0.29) is 32.0 Å². The lowest BCUT2D eigenvalue weighted by molar-refractivity contribution is -0.138. The lowest BCUT2D eigenvalue weighted by Crippen LogP contribution is -2.55. The van der Waals surface area contributed by atoms with E-state index in [1.54, 1.807) is 30.3 Å². The van der Waals surface area contributed by atoms with Crippen molar-refractivity contribution in [2.75, 3.05) is 13.2 Å². The van der Waals surface area contributed by atoms with Gasteiger partial charge in [0.25, 0.3) is 0 Å². The van der Waals surface area contributed by atoms with Crippen LogP contribution in [0.2, 0.25) is 0 Å². The van der Waals surface area contributed by atoms with Gasteiger partial charge < -0.3 is 25.2 Å². The summed E-state index contributed by atoms with van der Waals surface area (Å²) in [7, 11) is 0. The first-order valence-electron chi connectivity index (χ1n) is 15.5. The second-order valence-corrected chi connectivity index (χ2v) is 11.4. The maximum Gasteiger partial charge on any atom is 0.247 e. The van der Waals surface area contributed by atoms with Gasteiger partial charge >= 0.3 is 0 Å². The van der Waals surface area contributed by atoms with Crippen molar-refractivity contribution in [1.29, 1.82) is 0 Å². The number of aliphatic hydroxyl groups excluding tert-OH is 2. The van der Waals surface area contributed by atoms with Gasteiger partial charge in [-0.25, -0.2) is 4.39 Å². The van der Waals surface area contributed by atoms with Gasteiger partial charge in [0.1, 0.15) is 23.8 Å². The molecule has 2 amide bonds. The van der Waals surface area contributed by atoms with Crippen LogP contribution in [0.3, 0.4) is 0 Å². The van der Waals surface area contributed by atoms with Crippen LogP contribution < -0.4 is 10.1 Å². The number of carbonyl (C=O) groups excluding carboxylic acids is 2. The Kier molecular flexibility index (Phi) is 12.0. The molecule has 1 aliphatic heterocycles. The Hall–Kier alpha value is -3.23. The molecular formula is C34H45FN2O5. The Labute approximate surface area is 248 Å². The van der Waals surface area contributed by atoms with Crippen molar-refractivity contribution in [3.63, 3.8) is 0 Å². The van der Waals surface area contributed by atoms with Gasteiger partial charge in [0.15, 0.2) is 0 Å². The minimum Gasteiger partial charge on any atom is -0.486 e. The van der Waals surface area contributed by atoms with Crippen LogP contribution in [-0.2, 0) is 16.1 Å². The van der Waals surface area contributed by atoms with E-state index in [1.807, 2.05) is 18.2 Å². The van der Waals surface area contributed by atoms with Crippen LogP contribution in [0, 0.1) is 5.82 Å². The zero-order valence-electron chi connectivity index (χ0n) is 24.6. The van der Waals surface area contributed by atoms with Crippen LogP contribution in [0.25, 0.3) is 0 Å². The number of ether oxygens (including phenoxy) is 1. The summed E-state index contributed by atoms with van der Waals surface area (Å²) in [5, 5.41) is 23.7. The number of aliphatic hydroxyl groups is 2. The number of nitrogens with one attached hydrogen (secondary N) is 1. The van der Waals surface area contributed by atoms with Crippen molar-refractivity contribution in [3.8, 4) is 5.75 Å². The number of carbonyl (C=O) groups is 2. The Balaban J connectivity index is 1.55. The summed E-state index contributed by atoms with van der Waals surface area (Å²) in [6, 6.07) is 12.7. The van der Waals surface area contributed by atoms with E-state index in [4.69, 9.17) is 4.74 Å². The first kappa shape index (κ1) is 31.7. The van der Waals surface area contributed by atoms with Crippen molar-refractivity contribution in [1.82, 2.24) is 10.2 Å². The number of hydrogen-bond donors (Lipinski definition) is 3. The minimum absolute atomic E-state index is 0.0446. The molecule has 2 aromatic carbocycles. The summed E-state index contributed by atoms with van der Waals surface area (Å²) in [5.74, 6) is -0.987. The second-order valence-electron chi connectivity index (χ2n) is 11.4. The quantitative estimate of drug-likeness (QED) is 0.231. The molecular weight excluding hydrogens is 535 g/mol. The topological polar surface area (TPSA) is 99.1 Å². The lowest BCUT2D eigenvalue weighted by atomic mass is 9.77. The lowest BCUT2D eigenvalue weighted by Gasteiger charge is -2.41. The number of unbranched alkanes of at least 4 members (excludes halogenated alkanes) is 8. The van der Waals surface area contributed by atoms with Gasteiger partial charge in [-0.05, 0) is 24.6 Å². The fraction of sp³-hybridized carbons (Fsp3) is 0.529. The number of hydrogen-bond acceptors (Lipinski definition) is 5. The number of amides is 2. The Bertz CT molecular complexity index is 1220. The summed E-state index contributed by atoms with van der Waals surface area (Å²) >= 11 is 0. The van der Waals surface area contributed by atoms with Gasteiger partial charge in [-0.1, -0.05) is 94.7 Å². The number of fused-ring (bicyclic) bond motifs is 3. The van der Waals surface area contributed by atoms with E-state index in [2.05, 4.69) is 12.2 Å². The molecule has 3 N–H and O–H groups in total. The number of para-hydroxylation sites is 1. The summed E-state index contributed by atoms with van der Waals surface area (Å²) in [5.41, 5.74) is 1.48. The van der Waals surface area contributed by atoms with Gasteiger partial charge in [0.2, 0.25) is 11.8 Å². The first-order chi connectivity index (χ1) is 20.5. The van der Waals surface area contributed by atoms with Gasteiger partial charge in [0.05, 0.1) is 18.6 Å². The summed E-state index contributed by atoms with van der Waals surface area (Å²) in [6.45, 7) is 2.01. The van der Waals surface area contributed by atoms with E-state index in [1.165, 1.54) is 43.1 Å². The summed E-state index contributed by atoms with van der Waals surface area (Å²) in [6.07, 6.45) is 10.0. The molecule has 42 heavy (non-hydrogen) atoms. The number of halogens is 1. The normalized spacial score (nSPS) is 20.7. The molecule has 1 heterocycles. The van der Waals surface area contributed by atoms with Crippen molar-refractivity contribution in [2.45, 2.75) is 102 Å². The number of rotatable bonds is 16. The minimum atomic E-state index is -1.14. The standard InChI is InChI=1S/C34H45FN2O5/c1-2-3-4-5-6-7-8-9-10-19-30(39)37(23-24-15-11-13-17-27(24)35)28-22-26(34(41)36-20-21-38)31-25-16-12-14-18-29(25)42-33(31)32(28)40/h11-18,22,28,31-33,38,40H,2-10,19-21,23H2,1H3,(H,36,41)/t28-,31+,32+,33+/m1/s1. The molecule has 1 aliphatic carbocycles. The molecule has 4 rings (SSSR count). The molecule has 228 valence electrons. The van der Waals surface area contributed by atoms with E-state index in [0.717, 1.165) is 24.8 Å². The van der Waals surface area contributed by atoms with Crippen molar-refractivity contribution in [2.24, 2.45) is 0 Å². The highest BCUT2D eigenvalue weighted by Gasteiger charge is 2.50. The zero-order chi connectivity index (χ0) is 29.9. The molecule has 0 bridgehead atoms. The average Bonchev–Trinajstić information content (AvgIpc) is 3.39. The molecule has 0 unspecified atom stereocenters. The van der Waals surface area contributed by atoms with Crippen LogP contribution in [0.15, 0.2) is 60.2 Å². The van der Waals surface area contributed by atoms with Gasteiger partial charge in [0, 0.05) is 36.2 Å². The smallest absolute Gasteiger partial charge is 0.247 e. The molecule has 0 spiro atoms. The van der Waals surface area contributed by atoms with Crippen molar-refractivity contribution in [3.05, 3.63) is 77.1 Å². The third-order valence-electron chi connectivity index (χ3n) is 8.35. The van der Waals surface area contributed by atoms with Gasteiger partial charge in [-0.15, -0.1) is 0 Å². The predicted octanol–water partition coefficient (Wildman–Crippen LogP) is 5.40. The molecule has 0 aromatic heterocycles. The third-order valence-corrected chi connectivity index (χ3v) is 8.35. The Morgan fingerprint density at radius 3 is 2.33 bits per heavy atom. The molecule has 4 atom stereocenters. The van der Waals surface area contributed by atoms with E-state index in [0.29, 0.717) is 23.3 Å². The molecule has 0 saturated carbocycles. The number of benzene rings is 2. The largest absolute Gasteiger partial charge is 0.486 e. The monoisotopic (exact) mass is 580 g/mol. The van der Waals surface area contributed by atoms with Crippen LogP contribution in [0.4, 0.5) is 4.39 Å². The van der Waals surface area contributed by atoms with Gasteiger partial charge in [-0.2, -0.15) is 0 Å². The molecule has 2 aromatic rings. The van der Waals surface area contributed by atoms with Crippen LogP contribution >= 0.6 is 0 Å². The highest BCUT2D eigenvalue weighted by Crippen LogP contribution is 2.47. The zero-order valence-corrected chi connectivity index (χ0v) is 24.6. The van der Waals surface area contributed by atoms with Crippen molar-refractivity contribution < 1.29 is 28.9 Å². The maximum atomic E-state index is 14.8. The van der Waals surface area contributed by atoms with E-state index in [9.17, 15) is 24.2 Å². The second kappa shape index (κ2) is 15.8. The maximum absolute atomic E-state index is 14.8. The Morgan fingerprint density at radius 2 is 1.62 bits per heavy atom. The van der Waals surface area contributed by atoms with Crippen LogP contribution in [0.1, 0.15) is 88.2 Å². The SMILES string of the molecule is CCCCCCCCCCCC(=O)N(Cc1ccccc1F)[C@@H]1C=C(C(=O)NCCO)[C@@H]2c3ccccc3O[C@@H]2[C@H]1O. The fourth-order valence-corrected chi connectivity index (χ4v) is 6.09. The van der Waals surface area contributed by atoms with Crippen LogP contribution in [-0.4, -0.2) is 58.3 Å². The summed E-state index contributed by atoms with van der Waals surface area (Å²) < 4.78 is 21.0. The number of nitrogens with zero attached hydrogens (tertiary/aromatic N) is 1. The molecule has 0 radical (unpaired) electrons. The highest BCUT2D eigenvalue weighted by atomic mass is 19.1. The first-order valence-corrected chi connectivity index (χ1v) is 15.5. The Morgan fingerprint density at radius 1 is 0.952 bits per heavy atom. The third kappa shape index (κ3) is 7.78. The van der Waals surface area contributed by atoms with E-state index >= 15 is 0 Å². The van der Waals surface area contributed by atoms with Crippen LogP contribution in [0.5, 0.6) is 5.75 Å². The van der Waals surface area contributed by atoms with Crippen molar-refractivity contribution >= 4 is 11.8 Å². The average molecular weight is 581 g/mol. The van der Waals surface area contributed by atoms with Gasteiger partial charge in [-0.3, -0.25) is 9.59 Å². The van der Waals surface area contributed by atoms with E-state index < -0.39 is 35.9 Å². The fourth-order valence-electron chi connectivity index (χ4n) is 6.09. The summed E-state index contributed by atoms with van der Waals surface area (Å²) in [4.78, 5) is 28.6. The highest BCUT2D eigenvalue weighted by molar-refractivity contribution is 5.96. The molecule has 7 nitrogen and oxygen atoms in total. The molecule has 8 heteroatoms. The predicted molar refractivity (Wildman–Crippen MR) is 160 cm³/mol. The molecule has 0 fully saturated rings. The molecule has 2 aliphatic rings. The molecule has 0 saturated heterocycles.